The van der Waals surface area contributed by atoms with Crippen molar-refractivity contribution < 1.29 is 19.1 Å². The molecule has 1 aliphatic rings. The van der Waals surface area contributed by atoms with Crippen molar-refractivity contribution in [3.05, 3.63) is 0 Å². The van der Waals surface area contributed by atoms with Gasteiger partial charge in [0, 0.05) is 12.8 Å². The lowest BCUT2D eigenvalue weighted by molar-refractivity contribution is -0.148. The number of cyclic esters (lactones) is 2. The van der Waals surface area contributed by atoms with E-state index in [1.54, 1.807) is 0 Å². The molecule has 0 aromatic rings. The van der Waals surface area contributed by atoms with Gasteiger partial charge in [0.2, 0.25) is 0 Å². The van der Waals surface area contributed by atoms with Gasteiger partial charge < -0.3 is 9.47 Å². The van der Waals surface area contributed by atoms with Gasteiger partial charge in [0.1, 0.15) is 0 Å². The molecule has 0 N–H and O–H groups in total. The van der Waals surface area contributed by atoms with Crippen molar-refractivity contribution in [2.24, 2.45) is 11.8 Å². The molecule has 0 aromatic heterocycles. The van der Waals surface area contributed by atoms with Crippen LogP contribution < -0.4 is 0 Å². The summed E-state index contributed by atoms with van der Waals surface area (Å²) < 4.78 is 10.4. The Morgan fingerprint density at radius 3 is 2.11 bits per heavy atom. The van der Waals surface area contributed by atoms with E-state index in [0.717, 1.165) is 25.7 Å². The van der Waals surface area contributed by atoms with E-state index in [0.29, 0.717) is 38.4 Å². The Kier molecular flexibility index (Phi) is 7.53. The minimum Gasteiger partial charge on any atom is -0.466 e. The third-order valence-corrected chi connectivity index (χ3v) is 3.66. The first-order valence-electron chi connectivity index (χ1n) is 7.41. The van der Waals surface area contributed by atoms with Crippen LogP contribution in [-0.2, 0) is 19.1 Å². The Hall–Kier alpha value is -1.06. The number of carbonyl (C=O) groups excluding carboxylic acids is 2. The minimum absolute atomic E-state index is 0.135. The molecule has 1 fully saturated rings. The lowest BCUT2D eigenvalue weighted by atomic mass is 9.88. The fraction of sp³-hybridized carbons (Fsp3) is 0.867. The molecular weight excluding hydrogens is 244 g/mol. The number of hydrogen-bond donors (Lipinski definition) is 0. The monoisotopic (exact) mass is 270 g/mol. The summed E-state index contributed by atoms with van der Waals surface area (Å²) in [5.41, 5.74) is 0. The molecule has 4 nitrogen and oxygen atoms in total. The van der Waals surface area contributed by atoms with Crippen LogP contribution in [0.1, 0.15) is 58.8 Å². The summed E-state index contributed by atoms with van der Waals surface area (Å²) in [4.78, 5) is 23.3. The largest absolute Gasteiger partial charge is 0.466 e. The topological polar surface area (TPSA) is 52.6 Å². The van der Waals surface area contributed by atoms with E-state index in [1.807, 2.05) is 0 Å². The van der Waals surface area contributed by atoms with Crippen molar-refractivity contribution in [2.75, 3.05) is 13.2 Å². The SMILES string of the molecule is CC(C)C1CCC(=O)OCCCCCCOC(=O)C1. The van der Waals surface area contributed by atoms with Gasteiger partial charge >= 0.3 is 11.9 Å². The molecule has 110 valence electrons. The molecule has 4 heteroatoms. The third-order valence-electron chi connectivity index (χ3n) is 3.66. The first kappa shape index (κ1) is 16.0. The van der Waals surface area contributed by atoms with Crippen LogP contribution in [0.4, 0.5) is 0 Å². The summed E-state index contributed by atoms with van der Waals surface area (Å²) in [7, 11) is 0. The molecule has 1 saturated heterocycles. The standard InChI is InChI=1S/C15H26O4/c1-12(2)13-7-8-14(16)18-9-5-3-4-6-10-19-15(17)11-13/h12-13H,3-11H2,1-2H3. The van der Waals surface area contributed by atoms with Crippen molar-refractivity contribution in [1.29, 1.82) is 0 Å². The maximum absolute atomic E-state index is 11.7. The average Bonchev–Trinajstić information content (AvgIpc) is 2.36. The molecule has 1 atom stereocenters. The van der Waals surface area contributed by atoms with Crippen LogP contribution in [-0.4, -0.2) is 25.2 Å². The third kappa shape index (κ3) is 7.19. The zero-order valence-corrected chi connectivity index (χ0v) is 12.2. The molecule has 19 heavy (non-hydrogen) atoms. The van der Waals surface area contributed by atoms with Gasteiger partial charge in [-0.15, -0.1) is 0 Å². The van der Waals surface area contributed by atoms with Crippen LogP contribution in [0.25, 0.3) is 0 Å². The Labute approximate surface area is 115 Å². The predicted octanol–water partition coefficient (Wildman–Crippen LogP) is 3.09. The van der Waals surface area contributed by atoms with Crippen LogP contribution >= 0.6 is 0 Å². The lowest BCUT2D eigenvalue weighted by Gasteiger charge is -2.20. The molecule has 1 rings (SSSR count). The molecule has 0 saturated carbocycles. The van der Waals surface area contributed by atoms with Crippen LogP contribution in [0.15, 0.2) is 0 Å². The van der Waals surface area contributed by atoms with Gasteiger partial charge in [-0.3, -0.25) is 9.59 Å². The van der Waals surface area contributed by atoms with Crippen LogP contribution in [0.3, 0.4) is 0 Å². The van der Waals surface area contributed by atoms with Crippen LogP contribution in [0.2, 0.25) is 0 Å². The molecule has 0 aromatic carbocycles. The second kappa shape index (κ2) is 8.94. The minimum atomic E-state index is -0.143. The summed E-state index contributed by atoms with van der Waals surface area (Å²) in [5.74, 6) is 0.288. The molecule has 0 bridgehead atoms. The molecule has 1 heterocycles. The summed E-state index contributed by atoms with van der Waals surface area (Å²) in [6.45, 7) is 5.19. The molecular formula is C15H26O4. The van der Waals surface area contributed by atoms with Crippen molar-refractivity contribution in [2.45, 2.75) is 58.8 Å². The second-order valence-corrected chi connectivity index (χ2v) is 5.60. The van der Waals surface area contributed by atoms with E-state index in [4.69, 9.17) is 9.47 Å². The van der Waals surface area contributed by atoms with E-state index in [1.165, 1.54) is 0 Å². The molecule has 0 amide bonds. The van der Waals surface area contributed by atoms with Gasteiger partial charge in [-0.2, -0.15) is 0 Å². The number of ether oxygens (including phenoxy) is 2. The highest BCUT2D eigenvalue weighted by Crippen LogP contribution is 2.22. The zero-order chi connectivity index (χ0) is 14.1. The van der Waals surface area contributed by atoms with Crippen molar-refractivity contribution in [3.63, 3.8) is 0 Å². The smallest absolute Gasteiger partial charge is 0.306 e. The number of hydrogen-bond acceptors (Lipinski definition) is 4. The van der Waals surface area contributed by atoms with E-state index >= 15 is 0 Å². The quantitative estimate of drug-likeness (QED) is 0.687. The normalized spacial score (nSPS) is 24.5. The summed E-state index contributed by atoms with van der Waals surface area (Å²) in [6, 6.07) is 0. The fourth-order valence-electron chi connectivity index (χ4n) is 2.25. The highest BCUT2D eigenvalue weighted by molar-refractivity contribution is 5.71. The number of carbonyl (C=O) groups is 2. The van der Waals surface area contributed by atoms with Gasteiger partial charge in [-0.1, -0.05) is 13.8 Å². The van der Waals surface area contributed by atoms with Crippen molar-refractivity contribution in [3.8, 4) is 0 Å². The molecule has 0 radical (unpaired) electrons. The summed E-state index contributed by atoms with van der Waals surface area (Å²) >= 11 is 0. The fourth-order valence-corrected chi connectivity index (χ4v) is 2.25. The van der Waals surface area contributed by atoms with E-state index in [9.17, 15) is 9.59 Å². The van der Waals surface area contributed by atoms with E-state index < -0.39 is 0 Å². The molecule has 0 spiro atoms. The van der Waals surface area contributed by atoms with Gasteiger partial charge in [0.05, 0.1) is 13.2 Å². The molecule has 0 aliphatic carbocycles. The first-order valence-corrected chi connectivity index (χ1v) is 7.41. The average molecular weight is 270 g/mol. The summed E-state index contributed by atoms with van der Waals surface area (Å²) in [5, 5.41) is 0. The lowest BCUT2D eigenvalue weighted by Crippen LogP contribution is -2.19. The van der Waals surface area contributed by atoms with Gasteiger partial charge in [-0.25, -0.2) is 0 Å². The number of esters is 2. The number of rotatable bonds is 1. The Morgan fingerprint density at radius 1 is 0.947 bits per heavy atom. The maximum atomic E-state index is 11.7. The first-order chi connectivity index (χ1) is 9.09. The van der Waals surface area contributed by atoms with Crippen molar-refractivity contribution in [1.82, 2.24) is 0 Å². The van der Waals surface area contributed by atoms with Crippen LogP contribution in [0.5, 0.6) is 0 Å². The predicted molar refractivity (Wildman–Crippen MR) is 72.6 cm³/mol. The van der Waals surface area contributed by atoms with Gasteiger partial charge in [0.25, 0.3) is 0 Å². The van der Waals surface area contributed by atoms with E-state index in [-0.39, 0.29) is 17.9 Å². The maximum Gasteiger partial charge on any atom is 0.306 e. The van der Waals surface area contributed by atoms with Crippen LogP contribution in [0, 0.1) is 11.8 Å². The zero-order valence-electron chi connectivity index (χ0n) is 12.2. The van der Waals surface area contributed by atoms with Crippen molar-refractivity contribution >= 4 is 11.9 Å². The highest BCUT2D eigenvalue weighted by atomic mass is 16.5. The Morgan fingerprint density at radius 2 is 1.53 bits per heavy atom. The van der Waals surface area contributed by atoms with Gasteiger partial charge in [-0.05, 0) is 43.9 Å². The molecule has 1 aliphatic heterocycles. The Bertz CT molecular complexity index is 286. The molecule has 1 unspecified atom stereocenters. The second-order valence-electron chi connectivity index (χ2n) is 5.60. The Balaban J connectivity index is 2.50. The summed E-state index contributed by atoms with van der Waals surface area (Å²) in [6.07, 6.45) is 5.32. The highest BCUT2D eigenvalue weighted by Gasteiger charge is 2.20. The van der Waals surface area contributed by atoms with E-state index in [2.05, 4.69) is 13.8 Å². The van der Waals surface area contributed by atoms with Gasteiger partial charge in [0.15, 0.2) is 0 Å².